The lowest BCUT2D eigenvalue weighted by Crippen LogP contribution is -2.29. The van der Waals surface area contributed by atoms with E-state index in [0.29, 0.717) is 6.61 Å². The summed E-state index contributed by atoms with van der Waals surface area (Å²) in [7, 11) is 0. The fraction of sp³-hybridized carbons (Fsp3) is 0.727. The summed E-state index contributed by atoms with van der Waals surface area (Å²) in [6.07, 6.45) is 1.98. The van der Waals surface area contributed by atoms with Crippen molar-refractivity contribution in [1.82, 2.24) is 20.5 Å². The SMILES string of the molecule is CCOC(=O)c1n[nH]c(C2(CC)CCNC2)n1. The van der Waals surface area contributed by atoms with Gasteiger partial charge in [-0.3, -0.25) is 5.10 Å². The minimum absolute atomic E-state index is 0.0161. The van der Waals surface area contributed by atoms with E-state index in [1.165, 1.54) is 0 Å². The number of hydrogen-bond acceptors (Lipinski definition) is 5. The highest BCUT2D eigenvalue weighted by Gasteiger charge is 2.37. The van der Waals surface area contributed by atoms with Gasteiger partial charge in [-0.2, -0.15) is 0 Å². The fourth-order valence-electron chi connectivity index (χ4n) is 2.20. The van der Waals surface area contributed by atoms with Crippen molar-refractivity contribution in [1.29, 1.82) is 0 Å². The van der Waals surface area contributed by atoms with Crippen LogP contribution in [-0.4, -0.2) is 40.8 Å². The average Bonchev–Trinajstić information content (AvgIpc) is 2.99. The smallest absolute Gasteiger partial charge is 0.378 e. The minimum Gasteiger partial charge on any atom is -0.460 e. The van der Waals surface area contributed by atoms with Crippen LogP contribution in [0.15, 0.2) is 0 Å². The highest BCUT2D eigenvalue weighted by atomic mass is 16.5. The van der Waals surface area contributed by atoms with Crippen molar-refractivity contribution >= 4 is 5.97 Å². The van der Waals surface area contributed by atoms with Crippen LogP contribution in [0.2, 0.25) is 0 Å². The van der Waals surface area contributed by atoms with Crippen LogP contribution in [0.5, 0.6) is 0 Å². The molecule has 0 bridgehead atoms. The predicted molar refractivity (Wildman–Crippen MR) is 61.8 cm³/mol. The molecule has 0 radical (unpaired) electrons. The Hall–Kier alpha value is -1.43. The molecule has 2 heterocycles. The molecule has 0 amide bonds. The number of esters is 1. The van der Waals surface area contributed by atoms with E-state index in [0.717, 1.165) is 31.8 Å². The zero-order chi connectivity index (χ0) is 12.3. The van der Waals surface area contributed by atoms with Crippen molar-refractivity contribution in [2.45, 2.75) is 32.1 Å². The topological polar surface area (TPSA) is 79.9 Å². The molecule has 1 aromatic rings. The summed E-state index contributed by atoms with van der Waals surface area (Å²) in [6, 6.07) is 0. The van der Waals surface area contributed by atoms with E-state index in [-0.39, 0.29) is 11.2 Å². The standard InChI is InChI=1S/C11H18N4O2/c1-3-11(5-6-12-7-11)10-13-8(14-15-10)9(16)17-4-2/h12H,3-7H2,1-2H3,(H,13,14,15). The van der Waals surface area contributed by atoms with E-state index in [4.69, 9.17) is 4.74 Å². The molecule has 2 N–H and O–H groups in total. The van der Waals surface area contributed by atoms with Crippen molar-refractivity contribution in [2.24, 2.45) is 0 Å². The third-order valence-corrected chi connectivity index (χ3v) is 3.37. The first kappa shape index (κ1) is 12.0. The monoisotopic (exact) mass is 238 g/mol. The molecule has 1 aliphatic rings. The zero-order valence-corrected chi connectivity index (χ0v) is 10.2. The number of nitrogens with zero attached hydrogens (tertiary/aromatic N) is 2. The molecule has 0 spiro atoms. The molecule has 2 rings (SSSR count). The number of nitrogens with one attached hydrogen (secondary N) is 2. The summed E-state index contributed by atoms with van der Waals surface area (Å²) in [6.45, 7) is 6.08. The quantitative estimate of drug-likeness (QED) is 0.752. The molecule has 1 saturated heterocycles. The van der Waals surface area contributed by atoms with Crippen LogP contribution in [-0.2, 0) is 10.2 Å². The van der Waals surface area contributed by atoms with Crippen molar-refractivity contribution < 1.29 is 9.53 Å². The van der Waals surface area contributed by atoms with Crippen LogP contribution in [0, 0.1) is 0 Å². The van der Waals surface area contributed by atoms with Crippen LogP contribution < -0.4 is 5.32 Å². The lowest BCUT2D eigenvalue weighted by atomic mass is 9.83. The molecule has 1 unspecified atom stereocenters. The second-order valence-corrected chi connectivity index (χ2v) is 4.29. The van der Waals surface area contributed by atoms with Gasteiger partial charge < -0.3 is 10.1 Å². The third-order valence-electron chi connectivity index (χ3n) is 3.37. The predicted octanol–water partition coefficient (Wildman–Crippen LogP) is 0.622. The molecule has 1 aromatic heterocycles. The number of carbonyl (C=O) groups is 1. The second kappa shape index (κ2) is 4.83. The van der Waals surface area contributed by atoms with Crippen molar-refractivity contribution in [3.8, 4) is 0 Å². The van der Waals surface area contributed by atoms with E-state index < -0.39 is 5.97 Å². The third kappa shape index (κ3) is 2.17. The maximum absolute atomic E-state index is 11.5. The Morgan fingerprint density at radius 1 is 1.53 bits per heavy atom. The molecule has 1 aliphatic heterocycles. The van der Waals surface area contributed by atoms with E-state index in [1.807, 2.05) is 0 Å². The highest BCUT2D eigenvalue weighted by molar-refractivity contribution is 5.84. The van der Waals surface area contributed by atoms with Crippen LogP contribution in [0.1, 0.15) is 43.1 Å². The zero-order valence-electron chi connectivity index (χ0n) is 10.2. The molecule has 1 fully saturated rings. The van der Waals surface area contributed by atoms with Gasteiger partial charge in [0, 0.05) is 12.0 Å². The largest absolute Gasteiger partial charge is 0.460 e. The van der Waals surface area contributed by atoms with Crippen molar-refractivity contribution in [3.63, 3.8) is 0 Å². The fourth-order valence-corrected chi connectivity index (χ4v) is 2.20. The van der Waals surface area contributed by atoms with Crippen LogP contribution in [0.3, 0.4) is 0 Å². The Morgan fingerprint density at radius 3 is 2.94 bits per heavy atom. The van der Waals surface area contributed by atoms with Gasteiger partial charge in [-0.1, -0.05) is 6.92 Å². The molecule has 94 valence electrons. The Bertz CT molecular complexity index is 396. The van der Waals surface area contributed by atoms with Gasteiger partial charge in [0.05, 0.1) is 6.61 Å². The lowest BCUT2D eigenvalue weighted by molar-refractivity contribution is 0.0512. The Kier molecular flexibility index (Phi) is 3.42. The van der Waals surface area contributed by atoms with E-state index >= 15 is 0 Å². The van der Waals surface area contributed by atoms with Crippen LogP contribution in [0.4, 0.5) is 0 Å². The number of hydrogen-bond donors (Lipinski definition) is 2. The van der Waals surface area contributed by atoms with Gasteiger partial charge in [0.15, 0.2) is 0 Å². The first-order valence-corrected chi connectivity index (χ1v) is 6.02. The van der Waals surface area contributed by atoms with E-state index in [1.54, 1.807) is 6.92 Å². The highest BCUT2D eigenvalue weighted by Crippen LogP contribution is 2.31. The summed E-state index contributed by atoms with van der Waals surface area (Å²) in [5.74, 6) is 0.446. The number of carbonyl (C=O) groups excluding carboxylic acids is 1. The molecule has 6 nitrogen and oxygen atoms in total. The van der Waals surface area contributed by atoms with Crippen LogP contribution in [0.25, 0.3) is 0 Å². The lowest BCUT2D eigenvalue weighted by Gasteiger charge is -2.22. The van der Waals surface area contributed by atoms with Gasteiger partial charge in [0.2, 0.25) is 0 Å². The van der Waals surface area contributed by atoms with Gasteiger partial charge in [-0.05, 0) is 26.3 Å². The Balaban J connectivity index is 2.19. The first-order chi connectivity index (χ1) is 8.22. The van der Waals surface area contributed by atoms with Gasteiger partial charge in [-0.15, -0.1) is 5.10 Å². The van der Waals surface area contributed by atoms with Gasteiger partial charge in [0.1, 0.15) is 5.82 Å². The van der Waals surface area contributed by atoms with Crippen molar-refractivity contribution in [2.75, 3.05) is 19.7 Å². The molecule has 17 heavy (non-hydrogen) atoms. The molecule has 0 aliphatic carbocycles. The second-order valence-electron chi connectivity index (χ2n) is 4.29. The molecule has 0 saturated carbocycles. The number of rotatable bonds is 4. The summed E-state index contributed by atoms with van der Waals surface area (Å²) in [5.41, 5.74) is -0.0161. The molecular formula is C11H18N4O2. The Labute approximate surface area is 100 Å². The van der Waals surface area contributed by atoms with Gasteiger partial charge in [-0.25, -0.2) is 9.78 Å². The first-order valence-electron chi connectivity index (χ1n) is 6.02. The number of H-pyrrole nitrogens is 1. The summed E-state index contributed by atoms with van der Waals surface area (Å²) in [4.78, 5) is 15.8. The average molecular weight is 238 g/mol. The number of aromatic amines is 1. The van der Waals surface area contributed by atoms with E-state index in [2.05, 4.69) is 27.4 Å². The molecular weight excluding hydrogens is 220 g/mol. The summed E-state index contributed by atoms with van der Waals surface area (Å²) >= 11 is 0. The van der Waals surface area contributed by atoms with Gasteiger partial charge >= 0.3 is 5.97 Å². The molecule has 1 atom stereocenters. The molecule has 0 aromatic carbocycles. The summed E-state index contributed by atoms with van der Waals surface area (Å²) < 4.78 is 4.87. The van der Waals surface area contributed by atoms with Gasteiger partial charge in [0.25, 0.3) is 5.82 Å². The summed E-state index contributed by atoms with van der Waals surface area (Å²) in [5, 5.41) is 10.1. The van der Waals surface area contributed by atoms with Crippen LogP contribution >= 0.6 is 0 Å². The normalized spacial score (nSPS) is 23.9. The minimum atomic E-state index is -0.466. The maximum atomic E-state index is 11.5. The molecule has 6 heteroatoms. The number of aromatic nitrogens is 3. The maximum Gasteiger partial charge on any atom is 0.378 e. The van der Waals surface area contributed by atoms with E-state index in [9.17, 15) is 4.79 Å². The van der Waals surface area contributed by atoms with Crippen molar-refractivity contribution in [3.05, 3.63) is 11.6 Å². The number of ether oxygens (including phenoxy) is 1. The Morgan fingerprint density at radius 2 is 2.35 bits per heavy atom.